The Morgan fingerprint density at radius 2 is 1.93 bits per heavy atom. The molecule has 0 aromatic heterocycles. The van der Waals surface area contributed by atoms with Gasteiger partial charge in [0, 0.05) is 20.3 Å². The summed E-state index contributed by atoms with van der Waals surface area (Å²) < 4.78 is 17.5. The molecule has 4 heteroatoms. The van der Waals surface area contributed by atoms with Crippen LogP contribution >= 0.6 is 12.4 Å². The molecule has 0 unspecified atom stereocenters. The van der Waals surface area contributed by atoms with Crippen LogP contribution in [0.15, 0.2) is 24.3 Å². The topological polar surface area (TPSA) is 21.3 Å². The van der Waals surface area contributed by atoms with Crippen LogP contribution in [0.1, 0.15) is 12.0 Å². The van der Waals surface area contributed by atoms with Gasteiger partial charge in [0.15, 0.2) is 0 Å². The summed E-state index contributed by atoms with van der Waals surface area (Å²) in [5.41, 5.74) is 1.10. The highest BCUT2D eigenvalue weighted by Gasteiger charge is 1.93. The van der Waals surface area contributed by atoms with E-state index in [4.69, 9.17) is 4.74 Å². The Hall–Kier alpha value is -0.640. The van der Waals surface area contributed by atoms with Crippen molar-refractivity contribution in [1.29, 1.82) is 0 Å². The van der Waals surface area contributed by atoms with Crippen LogP contribution in [0, 0.1) is 5.82 Å². The summed E-state index contributed by atoms with van der Waals surface area (Å²) in [7, 11) is 1.69. The van der Waals surface area contributed by atoms with Crippen molar-refractivity contribution in [3.05, 3.63) is 35.6 Å². The second kappa shape index (κ2) is 8.65. The lowest BCUT2D eigenvalue weighted by Crippen LogP contribution is -2.15. The molecule has 0 atom stereocenters. The van der Waals surface area contributed by atoms with Crippen molar-refractivity contribution in [3.8, 4) is 0 Å². The molecule has 0 aliphatic carbocycles. The fourth-order valence-electron chi connectivity index (χ4n) is 1.18. The maximum atomic E-state index is 12.5. The van der Waals surface area contributed by atoms with E-state index in [-0.39, 0.29) is 18.2 Å². The zero-order valence-electron chi connectivity index (χ0n) is 8.83. The fraction of sp³-hybridized carbons (Fsp3) is 0.455. The largest absolute Gasteiger partial charge is 0.385 e. The van der Waals surface area contributed by atoms with E-state index in [0.717, 1.165) is 31.7 Å². The summed E-state index contributed by atoms with van der Waals surface area (Å²) in [5.74, 6) is -0.187. The molecule has 0 aliphatic rings. The minimum Gasteiger partial charge on any atom is -0.385 e. The van der Waals surface area contributed by atoms with Gasteiger partial charge in [0.1, 0.15) is 5.82 Å². The van der Waals surface area contributed by atoms with Crippen LogP contribution in [0.3, 0.4) is 0 Å². The molecule has 15 heavy (non-hydrogen) atoms. The van der Waals surface area contributed by atoms with Crippen LogP contribution < -0.4 is 5.32 Å². The van der Waals surface area contributed by atoms with Crippen LogP contribution in [0.5, 0.6) is 0 Å². The fourth-order valence-corrected chi connectivity index (χ4v) is 1.18. The monoisotopic (exact) mass is 233 g/mol. The number of rotatable bonds is 6. The quantitative estimate of drug-likeness (QED) is 0.762. The Morgan fingerprint density at radius 3 is 2.53 bits per heavy atom. The van der Waals surface area contributed by atoms with Crippen LogP contribution in [0.2, 0.25) is 0 Å². The highest BCUT2D eigenvalue weighted by molar-refractivity contribution is 5.85. The molecule has 0 fully saturated rings. The zero-order valence-corrected chi connectivity index (χ0v) is 9.65. The molecular weight excluding hydrogens is 217 g/mol. The summed E-state index contributed by atoms with van der Waals surface area (Å²) in [6.45, 7) is 2.48. The number of halogens is 2. The molecule has 0 saturated heterocycles. The number of benzene rings is 1. The lowest BCUT2D eigenvalue weighted by atomic mass is 10.2. The first-order valence-corrected chi connectivity index (χ1v) is 4.77. The van der Waals surface area contributed by atoms with Crippen molar-refractivity contribution in [2.45, 2.75) is 13.0 Å². The molecule has 1 aromatic carbocycles. The lowest BCUT2D eigenvalue weighted by Gasteiger charge is -2.04. The van der Waals surface area contributed by atoms with Gasteiger partial charge in [-0.05, 0) is 30.7 Å². The molecule has 0 bridgehead atoms. The van der Waals surface area contributed by atoms with E-state index in [1.807, 2.05) is 0 Å². The molecule has 2 nitrogen and oxygen atoms in total. The molecule has 1 N–H and O–H groups in total. The van der Waals surface area contributed by atoms with E-state index in [1.54, 1.807) is 19.2 Å². The van der Waals surface area contributed by atoms with E-state index in [9.17, 15) is 4.39 Å². The van der Waals surface area contributed by atoms with E-state index < -0.39 is 0 Å². The van der Waals surface area contributed by atoms with Gasteiger partial charge in [-0.25, -0.2) is 4.39 Å². The van der Waals surface area contributed by atoms with E-state index in [1.165, 1.54) is 12.1 Å². The van der Waals surface area contributed by atoms with Crippen LogP contribution in [0.4, 0.5) is 4.39 Å². The zero-order chi connectivity index (χ0) is 10.2. The maximum absolute atomic E-state index is 12.5. The van der Waals surface area contributed by atoms with Crippen molar-refractivity contribution in [3.63, 3.8) is 0 Å². The Morgan fingerprint density at radius 1 is 1.27 bits per heavy atom. The molecule has 0 spiro atoms. The Bertz CT molecular complexity index is 253. The minimum absolute atomic E-state index is 0. The van der Waals surface area contributed by atoms with Crippen molar-refractivity contribution in [2.24, 2.45) is 0 Å². The third-order valence-electron chi connectivity index (χ3n) is 1.94. The summed E-state index contributed by atoms with van der Waals surface area (Å²) in [4.78, 5) is 0. The molecule has 1 rings (SSSR count). The predicted octanol–water partition coefficient (Wildman–Crippen LogP) is 2.37. The van der Waals surface area contributed by atoms with Gasteiger partial charge in [0.05, 0.1) is 0 Å². The standard InChI is InChI=1S/C11H16FNO.ClH/c1-14-8-2-7-13-9-10-3-5-11(12)6-4-10;/h3-6,13H,2,7-9H2,1H3;1H. The third kappa shape index (κ3) is 6.44. The summed E-state index contributed by atoms with van der Waals surface area (Å²) in [6.07, 6.45) is 0.998. The van der Waals surface area contributed by atoms with Gasteiger partial charge in [-0.2, -0.15) is 0 Å². The van der Waals surface area contributed by atoms with Gasteiger partial charge in [0.2, 0.25) is 0 Å². The van der Waals surface area contributed by atoms with Crippen LogP contribution in [0.25, 0.3) is 0 Å². The Labute approximate surface area is 96.2 Å². The van der Waals surface area contributed by atoms with Crippen molar-refractivity contribution in [1.82, 2.24) is 5.32 Å². The second-order valence-electron chi connectivity index (χ2n) is 3.15. The molecule has 1 aromatic rings. The molecule has 86 valence electrons. The first kappa shape index (κ1) is 14.4. The third-order valence-corrected chi connectivity index (χ3v) is 1.94. The Kier molecular flexibility index (Phi) is 8.28. The number of nitrogens with one attached hydrogen (secondary N) is 1. The van der Waals surface area contributed by atoms with Gasteiger partial charge in [-0.1, -0.05) is 12.1 Å². The first-order valence-electron chi connectivity index (χ1n) is 4.77. The number of methoxy groups -OCH3 is 1. The van der Waals surface area contributed by atoms with Gasteiger partial charge in [-0.3, -0.25) is 0 Å². The average Bonchev–Trinajstić information content (AvgIpc) is 2.21. The maximum Gasteiger partial charge on any atom is 0.123 e. The van der Waals surface area contributed by atoms with E-state index in [2.05, 4.69) is 5.32 Å². The van der Waals surface area contributed by atoms with Gasteiger partial charge >= 0.3 is 0 Å². The minimum atomic E-state index is -0.187. The lowest BCUT2D eigenvalue weighted by molar-refractivity contribution is 0.194. The van der Waals surface area contributed by atoms with Gasteiger partial charge in [-0.15, -0.1) is 12.4 Å². The van der Waals surface area contributed by atoms with Gasteiger partial charge < -0.3 is 10.1 Å². The summed E-state index contributed by atoms with van der Waals surface area (Å²) in [6, 6.07) is 6.54. The number of ether oxygens (including phenoxy) is 1. The molecule has 0 heterocycles. The summed E-state index contributed by atoms with van der Waals surface area (Å²) in [5, 5.41) is 3.25. The first-order chi connectivity index (χ1) is 6.83. The number of hydrogen-bond donors (Lipinski definition) is 1. The predicted molar refractivity (Wildman–Crippen MR) is 61.8 cm³/mol. The van der Waals surface area contributed by atoms with Gasteiger partial charge in [0.25, 0.3) is 0 Å². The average molecular weight is 234 g/mol. The van der Waals surface area contributed by atoms with Crippen LogP contribution in [-0.4, -0.2) is 20.3 Å². The second-order valence-corrected chi connectivity index (χ2v) is 3.15. The summed E-state index contributed by atoms with van der Waals surface area (Å²) >= 11 is 0. The molecule has 0 aliphatic heterocycles. The van der Waals surface area contributed by atoms with E-state index in [0.29, 0.717) is 0 Å². The van der Waals surface area contributed by atoms with E-state index >= 15 is 0 Å². The highest BCUT2D eigenvalue weighted by atomic mass is 35.5. The smallest absolute Gasteiger partial charge is 0.123 e. The number of hydrogen-bond acceptors (Lipinski definition) is 2. The molecular formula is C11H17ClFNO. The molecule has 0 radical (unpaired) electrons. The van der Waals surface area contributed by atoms with Crippen molar-refractivity contribution >= 4 is 12.4 Å². The van der Waals surface area contributed by atoms with Crippen molar-refractivity contribution in [2.75, 3.05) is 20.3 Å². The Balaban J connectivity index is 0.00000196. The van der Waals surface area contributed by atoms with Crippen molar-refractivity contribution < 1.29 is 9.13 Å². The van der Waals surface area contributed by atoms with Crippen LogP contribution in [-0.2, 0) is 11.3 Å². The normalized spacial score (nSPS) is 9.73. The SMILES string of the molecule is COCCCNCc1ccc(F)cc1.Cl. The highest BCUT2D eigenvalue weighted by Crippen LogP contribution is 2.01. The molecule has 0 amide bonds. The molecule has 0 saturated carbocycles.